The number of nitrogens with one attached hydrogen (secondary N) is 1. The minimum Gasteiger partial charge on any atom is -0.487 e. The lowest BCUT2D eigenvalue weighted by molar-refractivity contribution is 0.306. The fourth-order valence-corrected chi connectivity index (χ4v) is 2.16. The average Bonchev–Trinajstić information content (AvgIpc) is 2.40. The highest BCUT2D eigenvalue weighted by Gasteiger charge is 2.07. The monoisotopic (exact) mass is 338 g/mol. The summed E-state index contributed by atoms with van der Waals surface area (Å²) in [4.78, 5) is 0. The molecule has 5 heteroatoms. The number of halogens is 2. The summed E-state index contributed by atoms with van der Waals surface area (Å²) < 4.78 is 6.58. The molecule has 0 spiro atoms. The van der Waals surface area contributed by atoms with Crippen molar-refractivity contribution in [2.75, 3.05) is 0 Å². The van der Waals surface area contributed by atoms with Gasteiger partial charge < -0.3 is 10.5 Å². The van der Waals surface area contributed by atoms with Gasteiger partial charge >= 0.3 is 0 Å². The minimum atomic E-state index is 0.0274. The molecule has 0 heterocycles. The molecule has 2 rings (SSSR count). The van der Waals surface area contributed by atoms with E-state index in [-0.39, 0.29) is 5.84 Å². The lowest BCUT2D eigenvalue weighted by atomic mass is 10.1. The van der Waals surface area contributed by atoms with Crippen molar-refractivity contribution in [3.05, 3.63) is 63.1 Å². The summed E-state index contributed by atoms with van der Waals surface area (Å²) in [5.41, 5.74) is 7.06. The fourth-order valence-electron chi connectivity index (χ4n) is 1.65. The average molecular weight is 340 g/mol. The van der Waals surface area contributed by atoms with Crippen molar-refractivity contribution in [3.63, 3.8) is 0 Å². The van der Waals surface area contributed by atoms with Gasteiger partial charge in [-0.1, -0.05) is 51.8 Å². The van der Waals surface area contributed by atoms with E-state index in [9.17, 15) is 0 Å². The van der Waals surface area contributed by atoms with Crippen molar-refractivity contribution >= 4 is 33.4 Å². The van der Waals surface area contributed by atoms with E-state index in [1.807, 2.05) is 24.3 Å². The number of ether oxygens (including phenoxy) is 1. The molecule has 3 N–H and O–H groups in total. The molecular formula is C14H12BrClN2O. The van der Waals surface area contributed by atoms with Crippen LogP contribution in [0, 0.1) is 5.41 Å². The van der Waals surface area contributed by atoms with Crippen LogP contribution in [0.1, 0.15) is 11.1 Å². The van der Waals surface area contributed by atoms with Crippen molar-refractivity contribution in [3.8, 4) is 5.75 Å². The Morgan fingerprint density at radius 2 is 2.00 bits per heavy atom. The Kier molecular flexibility index (Phi) is 4.45. The van der Waals surface area contributed by atoms with Crippen LogP contribution in [0.25, 0.3) is 0 Å². The first-order valence-corrected chi connectivity index (χ1v) is 6.75. The summed E-state index contributed by atoms with van der Waals surface area (Å²) >= 11 is 9.42. The Morgan fingerprint density at radius 1 is 1.26 bits per heavy atom. The molecule has 3 nitrogen and oxygen atoms in total. The zero-order valence-corrected chi connectivity index (χ0v) is 12.3. The summed E-state index contributed by atoms with van der Waals surface area (Å²) in [6.45, 7) is 0.311. The second-order valence-electron chi connectivity index (χ2n) is 3.93. The number of hydrogen-bond acceptors (Lipinski definition) is 2. The Balaban J connectivity index is 2.19. The summed E-state index contributed by atoms with van der Waals surface area (Å²) in [5, 5.41) is 8.07. The molecule has 0 aliphatic carbocycles. The maximum absolute atomic E-state index is 7.52. The van der Waals surface area contributed by atoms with Gasteiger partial charge in [0.2, 0.25) is 0 Å². The lowest BCUT2D eigenvalue weighted by Gasteiger charge is -2.11. The molecule has 0 bridgehead atoms. The first-order valence-electron chi connectivity index (χ1n) is 5.58. The van der Waals surface area contributed by atoms with Crippen LogP contribution in [-0.4, -0.2) is 5.84 Å². The molecule has 2 aromatic rings. The molecule has 0 aromatic heterocycles. The molecule has 0 saturated carbocycles. The number of nitrogen functional groups attached to an aromatic ring is 1. The van der Waals surface area contributed by atoms with Gasteiger partial charge in [-0.3, -0.25) is 5.41 Å². The second-order valence-corrected chi connectivity index (χ2v) is 5.26. The van der Waals surface area contributed by atoms with Gasteiger partial charge in [-0.2, -0.15) is 0 Å². The summed E-state index contributed by atoms with van der Waals surface area (Å²) in [6.07, 6.45) is 0. The van der Waals surface area contributed by atoms with Crippen LogP contribution in [0.2, 0.25) is 5.02 Å². The molecule has 0 aliphatic heterocycles. The second kappa shape index (κ2) is 6.08. The van der Waals surface area contributed by atoms with Gasteiger partial charge in [-0.15, -0.1) is 0 Å². The first kappa shape index (κ1) is 13.9. The van der Waals surface area contributed by atoms with E-state index in [1.54, 1.807) is 18.2 Å². The van der Waals surface area contributed by atoms with Gasteiger partial charge in [0.15, 0.2) is 0 Å². The Labute approximate surface area is 125 Å². The molecule has 0 radical (unpaired) electrons. The number of benzene rings is 2. The number of nitrogens with two attached hydrogens (primary N) is 1. The third-order valence-electron chi connectivity index (χ3n) is 2.58. The van der Waals surface area contributed by atoms with E-state index in [0.29, 0.717) is 22.9 Å². The van der Waals surface area contributed by atoms with Gasteiger partial charge in [0.1, 0.15) is 18.2 Å². The van der Waals surface area contributed by atoms with Gasteiger partial charge in [-0.25, -0.2) is 0 Å². The smallest absolute Gasteiger partial charge is 0.139 e. The highest BCUT2D eigenvalue weighted by Crippen LogP contribution is 2.28. The van der Waals surface area contributed by atoms with Crippen LogP contribution in [0.3, 0.4) is 0 Å². The van der Waals surface area contributed by atoms with Crippen molar-refractivity contribution in [1.29, 1.82) is 5.41 Å². The quantitative estimate of drug-likeness (QED) is 0.654. The number of rotatable bonds is 4. The third kappa shape index (κ3) is 3.49. The van der Waals surface area contributed by atoms with Crippen LogP contribution in [-0.2, 0) is 6.61 Å². The van der Waals surface area contributed by atoms with Crippen molar-refractivity contribution in [2.45, 2.75) is 6.61 Å². The minimum absolute atomic E-state index is 0.0274. The van der Waals surface area contributed by atoms with Gasteiger partial charge in [0.05, 0.1) is 5.02 Å². The van der Waals surface area contributed by atoms with E-state index >= 15 is 0 Å². The third-order valence-corrected chi connectivity index (χ3v) is 3.39. The topological polar surface area (TPSA) is 59.1 Å². The molecule has 19 heavy (non-hydrogen) atoms. The number of amidine groups is 1. The van der Waals surface area contributed by atoms with Gasteiger partial charge in [0.25, 0.3) is 0 Å². The largest absolute Gasteiger partial charge is 0.487 e. The molecule has 0 atom stereocenters. The van der Waals surface area contributed by atoms with E-state index in [1.165, 1.54) is 0 Å². The summed E-state index contributed by atoms with van der Waals surface area (Å²) in [5.74, 6) is 0.619. The predicted octanol–water partition coefficient (Wildman–Crippen LogP) is 3.97. The van der Waals surface area contributed by atoms with Crippen molar-refractivity contribution in [1.82, 2.24) is 0 Å². The molecule has 0 aliphatic rings. The van der Waals surface area contributed by atoms with E-state index in [2.05, 4.69) is 15.9 Å². The maximum Gasteiger partial charge on any atom is 0.139 e. The van der Waals surface area contributed by atoms with Crippen LogP contribution >= 0.6 is 27.5 Å². The fraction of sp³-hybridized carbons (Fsp3) is 0.0714. The van der Waals surface area contributed by atoms with Crippen molar-refractivity contribution < 1.29 is 4.74 Å². The number of hydrogen-bond donors (Lipinski definition) is 2. The zero-order chi connectivity index (χ0) is 13.8. The molecule has 2 aromatic carbocycles. The lowest BCUT2D eigenvalue weighted by Crippen LogP contribution is -2.14. The van der Waals surface area contributed by atoms with E-state index < -0.39 is 0 Å². The molecule has 0 amide bonds. The van der Waals surface area contributed by atoms with E-state index in [0.717, 1.165) is 10.0 Å². The standard InChI is InChI=1S/C14H12BrClN2O/c15-10-5-6-12(16)13(7-10)19-8-9-3-1-2-4-11(9)14(17)18/h1-7H,8H2,(H3,17,18). The molecule has 98 valence electrons. The Bertz CT molecular complexity index is 616. The van der Waals surface area contributed by atoms with Gasteiger partial charge in [-0.05, 0) is 18.2 Å². The normalized spacial score (nSPS) is 10.2. The van der Waals surface area contributed by atoms with Crippen molar-refractivity contribution in [2.24, 2.45) is 5.73 Å². The molecule has 0 unspecified atom stereocenters. The Hall–Kier alpha value is -1.52. The highest BCUT2D eigenvalue weighted by molar-refractivity contribution is 9.10. The Morgan fingerprint density at radius 3 is 2.74 bits per heavy atom. The molecule has 0 fully saturated rings. The van der Waals surface area contributed by atoms with Crippen LogP contribution in [0.4, 0.5) is 0 Å². The van der Waals surface area contributed by atoms with E-state index in [4.69, 9.17) is 27.5 Å². The molecule has 0 saturated heterocycles. The van der Waals surface area contributed by atoms with Gasteiger partial charge in [0, 0.05) is 15.6 Å². The first-order chi connectivity index (χ1) is 9.08. The molecular weight excluding hydrogens is 328 g/mol. The predicted molar refractivity (Wildman–Crippen MR) is 80.9 cm³/mol. The zero-order valence-electron chi connectivity index (χ0n) is 9.99. The van der Waals surface area contributed by atoms with Crippen LogP contribution in [0.15, 0.2) is 46.9 Å². The summed E-state index contributed by atoms with van der Waals surface area (Å²) in [7, 11) is 0. The SMILES string of the molecule is N=C(N)c1ccccc1COc1cc(Br)ccc1Cl. The maximum atomic E-state index is 7.52. The van der Waals surface area contributed by atoms with Crippen LogP contribution < -0.4 is 10.5 Å². The van der Waals surface area contributed by atoms with Crippen LogP contribution in [0.5, 0.6) is 5.75 Å². The summed E-state index contributed by atoms with van der Waals surface area (Å²) in [6, 6.07) is 12.8. The highest BCUT2D eigenvalue weighted by atomic mass is 79.9.